The normalized spacial score (nSPS) is 12.4. The van der Waals surface area contributed by atoms with Crippen molar-refractivity contribution >= 4 is 30.0 Å². The van der Waals surface area contributed by atoms with Crippen LogP contribution in [0.5, 0.6) is 0 Å². The molecule has 0 N–H and O–H groups in total. The van der Waals surface area contributed by atoms with E-state index in [9.17, 15) is 24.0 Å². The number of Topliss-reactive ketones (excluding diaryl/α,β-unsaturated/α-hetero) is 1. The van der Waals surface area contributed by atoms with Gasteiger partial charge in [0, 0.05) is 60.2 Å². The zero-order valence-corrected chi connectivity index (χ0v) is 69.7. The summed E-state index contributed by atoms with van der Waals surface area (Å²) in [6.07, 6.45) is 14.0. The van der Waals surface area contributed by atoms with E-state index < -0.39 is 16.8 Å². The van der Waals surface area contributed by atoms with Gasteiger partial charge in [0.1, 0.15) is 28.2 Å². The van der Waals surface area contributed by atoms with E-state index in [2.05, 4.69) is 171 Å². The van der Waals surface area contributed by atoms with Crippen molar-refractivity contribution in [1.82, 2.24) is 19.6 Å². The van der Waals surface area contributed by atoms with E-state index in [-0.39, 0.29) is 29.9 Å². The number of hydrogen-bond donors (Lipinski definition) is 0. The zero-order valence-electron chi connectivity index (χ0n) is 69.7. The molecule has 0 radical (unpaired) electrons. The summed E-state index contributed by atoms with van der Waals surface area (Å²) in [7, 11) is 5.29. The zero-order chi connectivity index (χ0) is 74.7. The number of esters is 1. The smallest absolute Gasteiger partial charge is 0.410 e. The predicted octanol–water partition coefficient (Wildman–Crippen LogP) is 23.4. The molecule has 0 bridgehead atoms. The Bertz CT molecular complexity index is 1670. The summed E-state index contributed by atoms with van der Waals surface area (Å²) in [5.41, 5.74) is -0.789. The fourth-order valence-corrected chi connectivity index (χ4v) is 7.30. The molecule has 0 unspecified atom stereocenters. The second kappa shape index (κ2) is 58.1. The molecule has 0 aromatic carbocycles. The molecule has 13 heteroatoms. The molecule has 0 atom stereocenters. The molecule has 1 saturated carbocycles. The van der Waals surface area contributed by atoms with E-state index in [1.54, 1.807) is 42.8 Å². The average Bonchev–Trinajstić information content (AvgIpc) is 2.39. The van der Waals surface area contributed by atoms with Gasteiger partial charge < -0.3 is 43.3 Å². The van der Waals surface area contributed by atoms with E-state index in [1.807, 2.05) is 83.1 Å². The topological polar surface area (TPSA) is 135 Å². The molecule has 3 amide bonds. The van der Waals surface area contributed by atoms with Gasteiger partial charge in [0.05, 0.1) is 0 Å². The van der Waals surface area contributed by atoms with E-state index >= 15 is 0 Å². The molecule has 0 heterocycles. The Morgan fingerprint density at radius 3 is 0.870 bits per heavy atom. The number of hydrogen-bond acceptors (Lipinski definition) is 10. The summed E-state index contributed by atoms with van der Waals surface area (Å²) in [6, 6.07) is 0. The quantitative estimate of drug-likeness (QED) is 0.0494. The van der Waals surface area contributed by atoms with Crippen LogP contribution < -0.4 is 0 Å². The van der Waals surface area contributed by atoms with Gasteiger partial charge in [0.2, 0.25) is 0 Å². The van der Waals surface area contributed by atoms with Crippen molar-refractivity contribution in [1.29, 1.82) is 0 Å². The number of unbranched alkanes of at least 4 members (excludes halogenated alkanes) is 2. The second-order valence-corrected chi connectivity index (χ2v) is 34.0. The number of amides is 3. The van der Waals surface area contributed by atoms with Crippen molar-refractivity contribution in [2.75, 3.05) is 60.4 Å². The molecule has 13 nitrogen and oxygen atoms in total. The molecule has 0 spiro atoms. The third-order valence-corrected chi connectivity index (χ3v) is 14.0. The number of carbonyl (C=O) groups is 5. The van der Waals surface area contributed by atoms with Gasteiger partial charge in [-0.05, 0) is 200 Å². The molecule has 1 aliphatic rings. The van der Waals surface area contributed by atoms with Crippen LogP contribution in [0, 0.1) is 64.6 Å². The monoisotopic (exact) mass is 1320 g/mol. The first kappa shape index (κ1) is 105. The summed E-state index contributed by atoms with van der Waals surface area (Å²) >= 11 is 0. The molecule has 92 heavy (non-hydrogen) atoms. The Labute approximate surface area is 577 Å². The van der Waals surface area contributed by atoms with Crippen LogP contribution >= 0.6 is 0 Å². The van der Waals surface area contributed by atoms with Crippen LogP contribution in [-0.4, -0.2) is 132 Å². The van der Waals surface area contributed by atoms with Crippen molar-refractivity contribution in [3.63, 3.8) is 0 Å². The first-order valence-corrected chi connectivity index (χ1v) is 36.6. The van der Waals surface area contributed by atoms with Gasteiger partial charge >= 0.3 is 24.2 Å². The van der Waals surface area contributed by atoms with E-state index in [0.29, 0.717) is 30.0 Å². The molecule has 558 valence electrons. The van der Waals surface area contributed by atoms with E-state index in [4.69, 9.17) is 18.9 Å². The van der Waals surface area contributed by atoms with E-state index in [0.717, 1.165) is 98.6 Å². The van der Waals surface area contributed by atoms with Crippen LogP contribution in [0.1, 0.15) is 340 Å². The summed E-state index contributed by atoms with van der Waals surface area (Å²) in [4.78, 5) is 63.3. The van der Waals surface area contributed by atoms with Crippen molar-refractivity contribution in [2.45, 2.75) is 362 Å². The molecular weight excluding hydrogens is 1150 g/mol. The number of carbonyl (C=O) groups excluding carboxylic acids is 5. The standard InChI is InChI=1S/C12H24O2.C11H23NO2.2C10H21NO2.C9H18O.C8H19N.C7H14.2C6H14/c1-10(2)8-6-7-9-11(13)14-12(3,4)5;1-9(2)7-8-12(6)10(13)14-11(3,4)5;2*1-8(2)7-11(6)9(12)13-10(3,4)5;1-8(2)6-4-5-7-9(3)10;1-5-9(6-2)7-8(3)4;1-6(2)7(3)4-5-7;1-5(2)6(3)4;1-4-5-6(2)3/h10H,6-9H2,1-5H3;9H,7-8H2,1-6H3;2*8H,7H2,1-6H3;8H,4-7H2,1-3H3;8H,5-7H2,1-4H3;6H,4-5H2,1-3H3;5-6H,1-4H3;6H,4-5H2,1-3H3. The molecule has 0 aromatic heterocycles. The van der Waals surface area contributed by atoms with Crippen LogP contribution in [0.15, 0.2) is 0 Å². The highest BCUT2D eigenvalue weighted by molar-refractivity contribution is 5.75. The minimum Gasteiger partial charge on any atom is -0.460 e. The van der Waals surface area contributed by atoms with E-state index in [1.165, 1.54) is 64.6 Å². The lowest BCUT2D eigenvalue weighted by atomic mass is 9.95. The lowest BCUT2D eigenvalue weighted by Gasteiger charge is -2.25. The SMILES string of the molecule is CC(=O)CCCCC(C)C.CC(C)C(C)C.CC(C)C1(C)CC1.CC(C)CCCCC(=O)OC(C)(C)C.CC(C)CCN(C)C(=O)OC(C)(C)C.CC(C)CN(C)C(=O)OC(C)(C)C.CC(C)CN(C)C(=O)OC(C)(C)C.CCCC(C)C.CCN(CC)CC(C)C. The fraction of sp³-hybridized carbons (Fsp3) is 0.937. The molecule has 0 aromatic rings. The highest BCUT2D eigenvalue weighted by Crippen LogP contribution is 2.51. The molecular formula is C79H168N4O9. The molecule has 0 aliphatic heterocycles. The highest BCUT2D eigenvalue weighted by Gasteiger charge is 2.39. The van der Waals surface area contributed by atoms with Crippen LogP contribution in [-0.2, 0) is 28.5 Å². The number of nitrogens with zero attached hydrogens (tertiary/aromatic N) is 4. The minimum absolute atomic E-state index is 0.0683. The van der Waals surface area contributed by atoms with Crippen molar-refractivity contribution in [3.8, 4) is 0 Å². The first-order valence-electron chi connectivity index (χ1n) is 36.6. The maximum atomic E-state index is 11.5. The minimum atomic E-state index is -0.400. The maximum absolute atomic E-state index is 11.5. The lowest BCUT2D eigenvalue weighted by molar-refractivity contribution is -0.155. The third-order valence-electron chi connectivity index (χ3n) is 14.0. The van der Waals surface area contributed by atoms with Crippen LogP contribution in [0.4, 0.5) is 14.4 Å². The highest BCUT2D eigenvalue weighted by atomic mass is 16.6. The summed E-state index contributed by atoms with van der Waals surface area (Å²) in [5, 5.41) is 0. The number of rotatable bonds is 25. The second-order valence-electron chi connectivity index (χ2n) is 34.0. The van der Waals surface area contributed by atoms with Gasteiger partial charge in [-0.2, -0.15) is 0 Å². The van der Waals surface area contributed by atoms with Gasteiger partial charge in [-0.1, -0.05) is 205 Å². The lowest BCUT2D eigenvalue weighted by Crippen LogP contribution is -2.36. The first-order chi connectivity index (χ1) is 41.4. The molecule has 1 rings (SSSR count). The Morgan fingerprint density at radius 1 is 0.391 bits per heavy atom. The van der Waals surface area contributed by atoms with Crippen molar-refractivity contribution < 1.29 is 42.9 Å². The van der Waals surface area contributed by atoms with Gasteiger partial charge in [0.15, 0.2) is 0 Å². The Morgan fingerprint density at radius 2 is 0.685 bits per heavy atom. The van der Waals surface area contributed by atoms with Crippen LogP contribution in [0.2, 0.25) is 0 Å². The summed E-state index contributed by atoms with van der Waals surface area (Å²) < 4.78 is 20.8. The largest absolute Gasteiger partial charge is 0.460 e. The van der Waals surface area contributed by atoms with Crippen molar-refractivity contribution in [2.24, 2.45) is 64.6 Å². The molecule has 0 saturated heterocycles. The maximum Gasteiger partial charge on any atom is 0.410 e. The van der Waals surface area contributed by atoms with Crippen molar-refractivity contribution in [3.05, 3.63) is 0 Å². The fourth-order valence-electron chi connectivity index (χ4n) is 7.30. The third kappa shape index (κ3) is 95.6. The number of ketones is 1. The number of ether oxygens (including phenoxy) is 4. The summed E-state index contributed by atoms with van der Waals surface area (Å²) in [6.45, 7) is 83.1. The Kier molecular flexibility index (Phi) is 66.3. The molecule has 1 aliphatic carbocycles. The van der Waals surface area contributed by atoms with Gasteiger partial charge in [0.25, 0.3) is 0 Å². The Hall–Kier alpha value is -3.09. The van der Waals surface area contributed by atoms with Gasteiger partial charge in [-0.15, -0.1) is 0 Å². The van der Waals surface area contributed by atoms with Gasteiger partial charge in [-0.3, -0.25) is 4.79 Å². The molecule has 1 fully saturated rings. The average molecular weight is 1320 g/mol. The summed E-state index contributed by atoms with van der Waals surface area (Å²) in [5.74, 6) is 7.64. The van der Waals surface area contributed by atoms with Crippen LogP contribution in [0.3, 0.4) is 0 Å². The van der Waals surface area contributed by atoms with Crippen LogP contribution in [0.25, 0.3) is 0 Å². The predicted molar refractivity (Wildman–Crippen MR) is 403 cm³/mol. The Balaban J connectivity index is -0.000000146. The van der Waals surface area contributed by atoms with Gasteiger partial charge in [-0.25, -0.2) is 14.4 Å².